The van der Waals surface area contributed by atoms with Crippen molar-refractivity contribution >= 4 is 28.7 Å². The predicted octanol–water partition coefficient (Wildman–Crippen LogP) is 6.00. The highest BCUT2D eigenvalue weighted by atomic mass is 19.4. The molecule has 3 aliphatic carbocycles. The third-order valence-electron chi connectivity index (χ3n) is 11.2. The minimum absolute atomic E-state index is 0.174. The van der Waals surface area contributed by atoms with Crippen LogP contribution in [0.2, 0.25) is 0 Å². The van der Waals surface area contributed by atoms with E-state index in [9.17, 15) is 27.9 Å². The number of nitrogens with zero attached hydrogens (tertiary/aromatic N) is 3. The van der Waals surface area contributed by atoms with Gasteiger partial charge in [-0.3, -0.25) is 4.79 Å². The van der Waals surface area contributed by atoms with Crippen LogP contribution < -0.4 is 4.74 Å². The number of aromatic nitrogens is 1. The minimum Gasteiger partial charge on any atom is -0.496 e. The van der Waals surface area contributed by atoms with E-state index in [1.54, 1.807) is 7.11 Å². The fraction of sp³-hybridized carbons (Fsp3) is 0.528. The van der Waals surface area contributed by atoms with Crippen LogP contribution >= 0.6 is 0 Å². The van der Waals surface area contributed by atoms with Crippen molar-refractivity contribution in [3.05, 3.63) is 63.9 Å². The summed E-state index contributed by atoms with van der Waals surface area (Å²) in [6.45, 7) is 2.40. The standard InChI is InChI=1S/C34H39N3O4.C2HF3O2/c1-35-16-20-11-12-21(17-35)37(20)33(38)24-10-6-9-23-29(24)27-15-25-28(41-2)14-13-22(19-7-4-3-5-8-19)32(25)36(27)18-26-30(23)31(26)34(39)40;3-2(4,5)1(6)7/h6,9,13-15,19-21,24,29H,3-5,7-8,10-12,16-18H2,1-2H3,(H,39,40);(H,6,7)/t20?,21?,24-,29?;/m1./s1. The molecule has 48 heavy (non-hydrogen) atoms. The number of likely N-dealkylation sites (N-methyl/N-ethyl adjacent to an activating group) is 1. The smallest absolute Gasteiger partial charge is 0.490 e. The van der Waals surface area contributed by atoms with E-state index in [0.29, 0.717) is 24.5 Å². The van der Waals surface area contributed by atoms with Crippen LogP contribution in [0.4, 0.5) is 13.2 Å². The SMILES string of the molecule is COc1ccc(C2CCCCC2)c2c1cc1n2CC2=C(C(=O)O)C2=C2C=CC[C@@H](C(=O)N3C4CCC3CN(C)C4)C21.O=C(O)C(F)(F)F. The van der Waals surface area contributed by atoms with Crippen LogP contribution in [0.3, 0.4) is 0 Å². The van der Waals surface area contributed by atoms with Crippen molar-refractivity contribution in [1.29, 1.82) is 0 Å². The summed E-state index contributed by atoms with van der Waals surface area (Å²) in [5.74, 6) is -2.44. The second kappa shape index (κ2) is 12.1. The van der Waals surface area contributed by atoms with Crippen molar-refractivity contribution in [1.82, 2.24) is 14.4 Å². The van der Waals surface area contributed by atoms with Crippen molar-refractivity contribution in [2.75, 3.05) is 27.2 Å². The number of rotatable bonds is 4. The van der Waals surface area contributed by atoms with Gasteiger partial charge in [0.05, 0.1) is 24.1 Å². The van der Waals surface area contributed by atoms with Crippen molar-refractivity contribution in [2.45, 2.75) is 88.0 Å². The number of amides is 1. The Hall–Kier alpha value is -4.06. The molecule has 4 heterocycles. The van der Waals surface area contributed by atoms with Crippen molar-refractivity contribution in [2.24, 2.45) is 5.92 Å². The lowest BCUT2D eigenvalue weighted by molar-refractivity contribution is -0.192. The Morgan fingerprint density at radius 2 is 1.65 bits per heavy atom. The van der Waals surface area contributed by atoms with E-state index in [1.165, 1.54) is 43.2 Å². The summed E-state index contributed by atoms with van der Waals surface area (Å²) in [7, 11) is 3.89. The normalized spacial score (nSPS) is 26.7. The molecule has 0 spiro atoms. The second-order valence-corrected chi connectivity index (χ2v) is 14.0. The molecule has 2 saturated heterocycles. The van der Waals surface area contributed by atoms with E-state index < -0.39 is 18.1 Å². The maximum absolute atomic E-state index is 14.6. The highest BCUT2D eigenvalue weighted by molar-refractivity contribution is 6.05. The van der Waals surface area contributed by atoms with E-state index in [4.69, 9.17) is 14.6 Å². The number of hydrogen-bond donors (Lipinski definition) is 2. The summed E-state index contributed by atoms with van der Waals surface area (Å²) in [6, 6.07) is 7.17. The van der Waals surface area contributed by atoms with Crippen molar-refractivity contribution < 1.29 is 42.5 Å². The van der Waals surface area contributed by atoms with Gasteiger partial charge in [-0.05, 0) is 79.5 Å². The number of methoxy groups -OCH3 is 1. The summed E-state index contributed by atoms with van der Waals surface area (Å²) in [4.78, 5) is 40.5. The summed E-state index contributed by atoms with van der Waals surface area (Å²) in [6.07, 6.45) is 8.10. The maximum Gasteiger partial charge on any atom is 0.490 e. The Labute approximate surface area is 276 Å². The molecule has 2 bridgehead atoms. The van der Waals surface area contributed by atoms with Gasteiger partial charge in [0.25, 0.3) is 0 Å². The Balaban J connectivity index is 0.000000473. The molecule has 3 aliphatic heterocycles. The highest BCUT2D eigenvalue weighted by Gasteiger charge is 2.50. The number of alkyl halides is 3. The number of halogens is 3. The molecule has 8 rings (SSSR count). The molecule has 2 N–H and O–H groups in total. The molecule has 3 unspecified atom stereocenters. The fourth-order valence-electron chi connectivity index (χ4n) is 9.16. The first kappa shape index (κ1) is 32.5. The maximum atomic E-state index is 14.6. The second-order valence-electron chi connectivity index (χ2n) is 14.0. The number of allylic oxidation sites excluding steroid dienone is 4. The van der Waals surface area contributed by atoms with Gasteiger partial charge in [0, 0.05) is 48.7 Å². The molecule has 3 fully saturated rings. The monoisotopic (exact) mass is 667 g/mol. The molecule has 12 heteroatoms. The molecule has 1 saturated carbocycles. The first-order chi connectivity index (χ1) is 22.9. The van der Waals surface area contributed by atoms with E-state index in [2.05, 4.69) is 51.8 Å². The lowest BCUT2D eigenvalue weighted by Crippen LogP contribution is -2.56. The highest BCUT2D eigenvalue weighted by Crippen LogP contribution is 2.55. The number of piperazine rings is 1. The zero-order chi connectivity index (χ0) is 34.1. The van der Waals surface area contributed by atoms with Gasteiger partial charge < -0.3 is 29.3 Å². The van der Waals surface area contributed by atoms with E-state index in [-0.39, 0.29) is 29.8 Å². The molecule has 6 aliphatic rings. The lowest BCUT2D eigenvalue weighted by atomic mass is 9.75. The number of ether oxygens (including phenoxy) is 1. The summed E-state index contributed by atoms with van der Waals surface area (Å²) in [5, 5.41) is 18.4. The zero-order valence-electron chi connectivity index (χ0n) is 27.1. The Kier molecular flexibility index (Phi) is 8.20. The number of carboxylic acid groups (broad SMARTS) is 2. The predicted molar refractivity (Wildman–Crippen MR) is 171 cm³/mol. The van der Waals surface area contributed by atoms with Gasteiger partial charge in [0.15, 0.2) is 0 Å². The number of hydrogen-bond acceptors (Lipinski definition) is 5. The number of fused-ring (bicyclic) bond motifs is 8. The van der Waals surface area contributed by atoms with Crippen LogP contribution in [-0.4, -0.2) is 87.9 Å². The molecule has 9 nitrogen and oxygen atoms in total. The van der Waals surface area contributed by atoms with Gasteiger partial charge in [0.2, 0.25) is 5.91 Å². The largest absolute Gasteiger partial charge is 0.496 e. The Bertz CT molecular complexity index is 1770. The van der Waals surface area contributed by atoms with Crippen LogP contribution in [0.25, 0.3) is 10.9 Å². The van der Waals surface area contributed by atoms with Gasteiger partial charge in [-0.1, -0.05) is 37.5 Å². The number of carbonyl (C=O) groups excluding carboxylic acids is 1. The van der Waals surface area contributed by atoms with Gasteiger partial charge in [-0.2, -0.15) is 13.2 Å². The van der Waals surface area contributed by atoms with Crippen molar-refractivity contribution in [3.8, 4) is 5.75 Å². The molecule has 1 amide bonds. The Morgan fingerprint density at radius 1 is 0.979 bits per heavy atom. The van der Waals surface area contributed by atoms with Crippen LogP contribution in [-0.2, 0) is 20.9 Å². The number of aliphatic carboxylic acids is 2. The number of carbonyl (C=O) groups is 3. The minimum atomic E-state index is -5.08. The van der Waals surface area contributed by atoms with Gasteiger partial charge in [-0.25, -0.2) is 9.59 Å². The van der Waals surface area contributed by atoms with Crippen LogP contribution in [0, 0.1) is 5.92 Å². The molecule has 1 aromatic heterocycles. The third kappa shape index (κ3) is 5.41. The fourth-order valence-corrected chi connectivity index (χ4v) is 9.16. The molecule has 1 aromatic carbocycles. The average Bonchev–Trinajstić information content (AvgIpc) is 3.59. The zero-order valence-corrected chi connectivity index (χ0v) is 27.1. The van der Waals surface area contributed by atoms with Crippen LogP contribution in [0.5, 0.6) is 5.75 Å². The summed E-state index contributed by atoms with van der Waals surface area (Å²) < 4.78 is 40.0. The molecule has 0 radical (unpaired) electrons. The van der Waals surface area contributed by atoms with E-state index in [0.717, 1.165) is 59.5 Å². The van der Waals surface area contributed by atoms with Gasteiger partial charge in [0.1, 0.15) is 5.75 Å². The van der Waals surface area contributed by atoms with E-state index in [1.807, 2.05) is 0 Å². The number of carboxylic acids is 2. The first-order valence-corrected chi connectivity index (χ1v) is 16.8. The van der Waals surface area contributed by atoms with Gasteiger partial charge >= 0.3 is 18.1 Å². The van der Waals surface area contributed by atoms with E-state index >= 15 is 0 Å². The average molecular weight is 668 g/mol. The van der Waals surface area contributed by atoms with Crippen LogP contribution in [0.1, 0.15) is 74.5 Å². The summed E-state index contributed by atoms with van der Waals surface area (Å²) in [5.41, 5.74) is 6.94. The quantitative estimate of drug-likeness (QED) is 0.412. The Morgan fingerprint density at radius 3 is 2.25 bits per heavy atom. The van der Waals surface area contributed by atoms with Crippen molar-refractivity contribution in [3.63, 3.8) is 0 Å². The number of likely N-dealkylation sites (tertiary alicyclic amines) is 1. The summed E-state index contributed by atoms with van der Waals surface area (Å²) >= 11 is 0. The molecule has 2 aromatic rings. The molecular formula is C36H40F3N3O6. The topological polar surface area (TPSA) is 112 Å². The lowest BCUT2D eigenvalue weighted by Gasteiger charge is -2.43. The molecular weight excluding hydrogens is 627 g/mol. The van der Waals surface area contributed by atoms with Crippen LogP contribution in [0.15, 0.2) is 52.6 Å². The molecule has 256 valence electrons. The first-order valence-electron chi connectivity index (χ1n) is 16.8. The third-order valence-corrected chi connectivity index (χ3v) is 11.2. The number of benzene rings is 1. The van der Waals surface area contributed by atoms with Gasteiger partial charge in [-0.15, -0.1) is 0 Å². The molecule has 4 atom stereocenters.